The molecule has 1 saturated heterocycles. The number of halogens is 1. The fourth-order valence-electron chi connectivity index (χ4n) is 2.29. The molecule has 3 heterocycles. The number of aromatic nitrogens is 3. The molecule has 0 N–H and O–H groups in total. The number of ether oxygens (including phenoxy) is 1. The van der Waals surface area contributed by atoms with Crippen LogP contribution in [0.15, 0.2) is 41.3 Å². The zero-order valence-electron chi connectivity index (χ0n) is 11.4. The summed E-state index contributed by atoms with van der Waals surface area (Å²) in [4.78, 5) is 18.1. The van der Waals surface area contributed by atoms with Gasteiger partial charge in [-0.15, -0.1) is 0 Å². The molecule has 0 aromatic carbocycles. The summed E-state index contributed by atoms with van der Waals surface area (Å²) in [7, 11) is 0. The van der Waals surface area contributed by atoms with Gasteiger partial charge < -0.3 is 9.64 Å². The molecule has 0 aliphatic carbocycles. The van der Waals surface area contributed by atoms with E-state index in [9.17, 15) is 4.79 Å². The van der Waals surface area contributed by atoms with Crippen LogP contribution >= 0.6 is 15.9 Å². The first-order valence-electron chi connectivity index (χ1n) is 6.74. The van der Waals surface area contributed by atoms with Gasteiger partial charge in [-0.05, 0) is 28.1 Å². The summed E-state index contributed by atoms with van der Waals surface area (Å²) >= 11 is 3.34. The number of hydrogen-bond donors (Lipinski definition) is 0. The zero-order valence-corrected chi connectivity index (χ0v) is 12.9. The summed E-state index contributed by atoms with van der Waals surface area (Å²) in [6, 6.07) is 5.51. The van der Waals surface area contributed by atoms with Crippen molar-refractivity contribution >= 4 is 21.8 Å². The number of carbonyl (C=O) groups is 1. The summed E-state index contributed by atoms with van der Waals surface area (Å²) in [6.07, 6.45) is 5.98. The van der Waals surface area contributed by atoms with Crippen molar-refractivity contribution in [2.75, 3.05) is 13.1 Å². The molecule has 1 unspecified atom stereocenters. The van der Waals surface area contributed by atoms with Crippen LogP contribution in [0.1, 0.15) is 6.42 Å². The van der Waals surface area contributed by atoms with Gasteiger partial charge in [-0.1, -0.05) is 0 Å². The maximum absolute atomic E-state index is 12.1. The minimum atomic E-state index is 0.000229. The predicted molar refractivity (Wildman–Crippen MR) is 79.8 cm³/mol. The van der Waals surface area contributed by atoms with Crippen molar-refractivity contribution in [3.63, 3.8) is 0 Å². The molecule has 0 saturated carbocycles. The molecule has 6 nitrogen and oxygen atoms in total. The van der Waals surface area contributed by atoms with Crippen LogP contribution in [0.25, 0.3) is 0 Å². The molecule has 1 amide bonds. The molecule has 7 heteroatoms. The number of likely N-dealkylation sites (tertiary alicyclic amines) is 1. The Morgan fingerprint density at radius 1 is 1.48 bits per heavy atom. The second-order valence-corrected chi connectivity index (χ2v) is 5.80. The monoisotopic (exact) mass is 350 g/mol. The number of nitrogens with zero attached hydrogens (tertiary/aromatic N) is 4. The number of pyridine rings is 1. The highest BCUT2D eigenvalue weighted by Gasteiger charge is 2.27. The fourth-order valence-corrected chi connectivity index (χ4v) is 2.52. The SMILES string of the molecule is O=C(Cn1cccn1)N1CCC(Oc2ccc(Br)cn2)C1. The highest BCUT2D eigenvalue weighted by molar-refractivity contribution is 9.10. The van der Waals surface area contributed by atoms with E-state index in [0.29, 0.717) is 19.0 Å². The maximum Gasteiger partial charge on any atom is 0.244 e. The van der Waals surface area contributed by atoms with E-state index in [4.69, 9.17) is 4.74 Å². The van der Waals surface area contributed by atoms with E-state index in [1.54, 1.807) is 23.3 Å². The average Bonchev–Trinajstić information content (AvgIpc) is 3.13. The van der Waals surface area contributed by atoms with Crippen LogP contribution in [0, 0.1) is 0 Å². The predicted octanol–water partition coefficient (Wildman–Crippen LogP) is 1.72. The fraction of sp³-hybridized carbons (Fsp3) is 0.357. The van der Waals surface area contributed by atoms with E-state index in [1.165, 1.54) is 0 Å². The standard InChI is InChI=1S/C14H15BrN4O2/c15-11-2-3-13(16-8-11)21-12-4-7-18(9-12)14(20)10-19-6-1-5-17-19/h1-3,5-6,8,12H,4,7,9-10H2. The average molecular weight is 351 g/mol. The van der Waals surface area contributed by atoms with Gasteiger partial charge in [0.1, 0.15) is 12.6 Å². The van der Waals surface area contributed by atoms with Gasteiger partial charge in [0.2, 0.25) is 11.8 Å². The maximum atomic E-state index is 12.1. The van der Waals surface area contributed by atoms with Crippen LogP contribution in [0.5, 0.6) is 5.88 Å². The van der Waals surface area contributed by atoms with Gasteiger partial charge in [-0.2, -0.15) is 5.10 Å². The third-order valence-corrected chi connectivity index (χ3v) is 3.81. The number of hydrogen-bond acceptors (Lipinski definition) is 4. The van der Waals surface area contributed by atoms with Crippen molar-refractivity contribution in [2.45, 2.75) is 19.1 Å². The van der Waals surface area contributed by atoms with Crippen molar-refractivity contribution in [3.8, 4) is 5.88 Å². The summed E-state index contributed by atoms with van der Waals surface area (Å²) < 4.78 is 8.34. The highest BCUT2D eigenvalue weighted by atomic mass is 79.9. The lowest BCUT2D eigenvalue weighted by atomic mass is 10.3. The quantitative estimate of drug-likeness (QED) is 0.842. The molecule has 3 rings (SSSR count). The van der Waals surface area contributed by atoms with Crippen LogP contribution in [0.4, 0.5) is 0 Å². The second-order valence-electron chi connectivity index (χ2n) is 4.89. The van der Waals surface area contributed by atoms with E-state index in [2.05, 4.69) is 26.0 Å². The number of rotatable bonds is 4. The van der Waals surface area contributed by atoms with Crippen LogP contribution in [0.3, 0.4) is 0 Å². The molecule has 1 fully saturated rings. The lowest BCUT2D eigenvalue weighted by Gasteiger charge is -2.17. The van der Waals surface area contributed by atoms with Crippen molar-refractivity contribution in [2.24, 2.45) is 0 Å². The summed E-state index contributed by atoms with van der Waals surface area (Å²) in [6.45, 7) is 1.58. The van der Waals surface area contributed by atoms with Crippen LogP contribution in [0.2, 0.25) is 0 Å². The summed E-state index contributed by atoms with van der Waals surface area (Å²) in [5, 5.41) is 4.05. The Morgan fingerprint density at radius 2 is 2.38 bits per heavy atom. The van der Waals surface area contributed by atoms with Gasteiger partial charge in [-0.25, -0.2) is 4.98 Å². The summed E-state index contributed by atoms with van der Waals surface area (Å²) in [5.41, 5.74) is 0. The molecule has 2 aromatic rings. The molecule has 1 aliphatic rings. The third-order valence-electron chi connectivity index (χ3n) is 3.34. The Morgan fingerprint density at radius 3 is 3.10 bits per heavy atom. The van der Waals surface area contributed by atoms with Gasteiger partial charge in [0.15, 0.2) is 0 Å². The summed E-state index contributed by atoms with van der Waals surface area (Å²) in [5.74, 6) is 0.651. The molecule has 0 radical (unpaired) electrons. The highest BCUT2D eigenvalue weighted by Crippen LogP contribution is 2.18. The smallest absolute Gasteiger partial charge is 0.244 e. The Bertz CT molecular complexity index is 600. The first-order valence-corrected chi connectivity index (χ1v) is 7.53. The normalized spacial score (nSPS) is 18.0. The van der Waals surface area contributed by atoms with Gasteiger partial charge in [-0.3, -0.25) is 9.48 Å². The molecular formula is C14H15BrN4O2. The zero-order chi connectivity index (χ0) is 14.7. The van der Waals surface area contributed by atoms with Crippen molar-refractivity contribution in [1.82, 2.24) is 19.7 Å². The number of carbonyl (C=O) groups excluding carboxylic acids is 1. The van der Waals surface area contributed by atoms with E-state index in [0.717, 1.165) is 10.9 Å². The minimum Gasteiger partial charge on any atom is -0.472 e. The molecule has 1 atom stereocenters. The Hall–Kier alpha value is -1.89. The molecule has 0 bridgehead atoms. The van der Waals surface area contributed by atoms with E-state index in [-0.39, 0.29) is 18.6 Å². The molecule has 110 valence electrons. The van der Waals surface area contributed by atoms with Crippen molar-refractivity contribution < 1.29 is 9.53 Å². The number of amides is 1. The Balaban J connectivity index is 1.53. The molecular weight excluding hydrogens is 336 g/mol. The third kappa shape index (κ3) is 3.60. The molecule has 2 aromatic heterocycles. The lowest BCUT2D eigenvalue weighted by Crippen LogP contribution is -2.33. The minimum absolute atomic E-state index is 0.000229. The van der Waals surface area contributed by atoms with Gasteiger partial charge >= 0.3 is 0 Å². The Kier molecular flexibility index (Phi) is 4.19. The Labute approximate surface area is 130 Å². The molecule has 1 aliphatic heterocycles. The van der Waals surface area contributed by atoms with Crippen LogP contribution in [-0.2, 0) is 11.3 Å². The van der Waals surface area contributed by atoms with Crippen LogP contribution in [-0.4, -0.2) is 44.8 Å². The van der Waals surface area contributed by atoms with E-state index >= 15 is 0 Å². The van der Waals surface area contributed by atoms with Gasteiger partial charge in [0, 0.05) is 42.1 Å². The van der Waals surface area contributed by atoms with Crippen LogP contribution < -0.4 is 4.74 Å². The van der Waals surface area contributed by atoms with E-state index < -0.39 is 0 Å². The first kappa shape index (κ1) is 14.1. The second kappa shape index (κ2) is 6.26. The van der Waals surface area contributed by atoms with Gasteiger partial charge in [0.05, 0.1) is 6.54 Å². The van der Waals surface area contributed by atoms with Crippen molar-refractivity contribution in [3.05, 3.63) is 41.3 Å². The lowest BCUT2D eigenvalue weighted by molar-refractivity contribution is -0.131. The molecule has 21 heavy (non-hydrogen) atoms. The van der Waals surface area contributed by atoms with E-state index in [1.807, 2.05) is 23.1 Å². The largest absolute Gasteiger partial charge is 0.472 e. The topological polar surface area (TPSA) is 60.2 Å². The van der Waals surface area contributed by atoms with Gasteiger partial charge in [0.25, 0.3) is 0 Å². The first-order chi connectivity index (χ1) is 10.2. The van der Waals surface area contributed by atoms with Crippen molar-refractivity contribution in [1.29, 1.82) is 0 Å². The molecule has 0 spiro atoms.